The van der Waals surface area contributed by atoms with Gasteiger partial charge in [-0.3, -0.25) is 9.63 Å². The van der Waals surface area contributed by atoms with E-state index in [0.29, 0.717) is 13.0 Å². The van der Waals surface area contributed by atoms with Crippen LogP contribution in [0.25, 0.3) is 0 Å². The van der Waals surface area contributed by atoms with Crippen molar-refractivity contribution in [1.29, 1.82) is 0 Å². The highest BCUT2D eigenvalue weighted by Crippen LogP contribution is 2.25. The van der Waals surface area contributed by atoms with Crippen LogP contribution in [0.15, 0.2) is 24.3 Å². The van der Waals surface area contributed by atoms with Crippen molar-refractivity contribution in [3.05, 3.63) is 40.7 Å². The molecule has 3 rings (SSSR count). The molecule has 1 aliphatic heterocycles. The van der Waals surface area contributed by atoms with Gasteiger partial charge in [-0.1, -0.05) is 23.7 Å². The molecule has 1 saturated heterocycles. The van der Waals surface area contributed by atoms with Crippen LogP contribution in [0.3, 0.4) is 0 Å². The molecule has 0 spiro atoms. The molecule has 1 N–H and O–H groups in total. The number of piperidine rings is 1. The van der Waals surface area contributed by atoms with E-state index in [4.69, 9.17) is 16.4 Å². The molecule has 134 valence electrons. The van der Waals surface area contributed by atoms with Crippen LogP contribution >= 0.6 is 23.1 Å². The van der Waals surface area contributed by atoms with Crippen molar-refractivity contribution in [3.63, 3.8) is 0 Å². The molecule has 1 fully saturated rings. The Kier molecular flexibility index (Phi) is 6.23. The van der Waals surface area contributed by atoms with Gasteiger partial charge in [-0.25, -0.2) is 10.5 Å². The lowest BCUT2D eigenvalue weighted by Gasteiger charge is -2.30. The normalized spacial score (nSPS) is 15.4. The first-order chi connectivity index (χ1) is 12.2. The highest BCUT2D eigenvalue weighted by molar-refractivity contribution is 7.09. The van der Waals surface area contributed by atoms with Crippen molar-refractivity contribution >= 4 is 34.2 Å². The van der Waals surface area contributed by atoms with E-state index >= 15 is 0 Å². The second kappa shape index (κ2) is 8.60. The summed E-state index contributed by atoms with van der Waals surface area (Å²) < 4.78 is 4.46. The molecular formula is C17H21ClN4O2S. The maximum atomic E-state index is 11.9. The molecule has 1 amide bonds. The minimum atomic E-state index is -0.0257. The number of nitrogens with one attached hydrogen (secondary N) is 1. The minimum absolute atomic E-state index is 0.00394. The molecule has 25 heavy (non-hydrogen) atoms. The summed E-state index contributed by atoms with van der Waals surface area (Å²) >= 11 is 7.33. The van der Waals surface area contributed by atoms with E-state index in [9.17, 15) is 4.79 Å². The molecule has 0 atom stereocenters. The van der Waals surface area contributed by atoms with Crippen LogP contribution < -0.4 is 10.4 Å². The van der Waals surface area contributed by atoms with E-state index in [2.05, 4.69) is 19.7 Å². The Balaban J connectivity index is 1.53. The minimum Gasteiger partial charge on any atom is -0.347 e. The van der Waals surface area contributed by atoms with E-state index in [1.165, 1.54) is 11.5 Å². The van der Waals surface area contributed by atoms with Crippen LogP contribution in [0, 0.1) is 5.92 Å². The fourth-order valence-electron chi connectivity index (χ4n) is 2.79. The van der Waals surface area contributed by atoms with Crippen molar-refractivity contribution in [2.75, 3.05) is 24.6 Å². The predicted octanol–water partition coefficient (Wildman–Crippen LogP) is 3.07. The third-order valence-electron chi connectivity index (χ3n) is 4.19. The van der Waals surface area contributed by atoms with Crippen LogP contribution in [-0.4, -0.2) is 35.0 Å². The molecule has 2 heterocycles. The van der Waals surface area contributed by atoms with Gasteiger partial charge in [0.1, 0.15) is 5.82 Å². The maximum absolute atomic E-state index is 11.9. The van der Waals surface area contributed by atoms with Crippen LogP contribution in [0.5, 0.6) is 0 Å². The lowest BCUT2D eigenvalue weighted by molar-refractivity contribution is -0.138. The summed E-state index contributed by atoms with van der Waals surface area (Å²) in [4.78, 5) is 23.8. The highest BCUT2D eigenvalue weighted by atomic mass is 35.5. The van der Waals surface area contributed by atoms with Crippen LogP contribution in [0.4, 0.5) is 5.13 Å². The number of hydrogen-bond acceptors (Lipinski definition) is 6. The van der Waals surface area contributed by atoms with Gasteiger partial charge in [-0.05, 0) is 37.5 Å². The van der Waals surface area contributed by atoms with Crippen molar-refractivity contribution in [1.82, 2.24) is 14.8 Å². The Labute approximate surface area is 156 Å². The number of carbonyl (C=O) groups excluding carboxylic acids is 1. The average Bonchev–Trinajstić information content (AvgIpc) is 3.10. The zero-order valence-electron chi connectivity index (χ0n) is 14.1. The summed E-state index contributed by atoms with van der Waals surface area (Å²) in [5.41, 5.74) is 3.64. The summed E-state index contributed by atoms with van der Waals surface area (Å²) in [5, 5.41) is 1.65. The van der Waals surface area contributed by atoms with Gasteiger partial charge in [0.05, 0.1) is 6.61 Å². The van der Waals surface area contributed by atoms with Gasteiger partial charge in [0.15, 0.2) is 0 Å². The third-order valence-corrected chi connectivity index (χ3v) is 5.25. The number of anilines is 1. The second-order valence-electron chi connectivity index (χ2n) is 5.96. The summed E-state index contributed by atoms with van der Waals surface area (Å²) in [6, 6.07) is 7.74. The first kappa shape index (κ1) is 18.1. The van der Waals surface area contributed by atoms with Gasteiger partial charge in [0.2, 0.25) is 11.0 Å². The number of aromatic nitrogens is 2. The smallest absolute Gasteiger partial charge is 0.246 e. The van der Waals surface area contributed by atoms with Gasteiger partial charge < -0.3 is 4.90 Å². The summed E-state index contributed by atoms with van der Waals surface area (Å²) in [5.74, 6) is 0.796. The molecule has 0 bridgehead atoms. The summed E-state index contributed by atoms with van der Waals surface area (Å²) in [7, 11) is 0. The zero-order valence-corrected chi connectivity index (χ0v) is 15.6. The molecule has 2 aromatic rings. The molecule has 1 aromatic heterocycles. The van der Waals surface area contributed by atoms with Crippen molar-refractivity contribution < 1.29 is 9.63 Å². The fraction of sp³-hybridized carbons (Fsp3) is 0.471. The van der Waals surface area contributed by atoms with Crippen LogP contribution in [0.2, 0.25) is 5.02 Å². The number of rotatable bonds is 6. The number of carbonyl (C=O) groups is 1. The Morgan fingerprint density at radius 2 is 2.08 bits per heavy atom. The van der Waals surface area contributed by atoms with Crippen LogP contribution in [-0.2, 0) is 16.1 Å². The molecule has 6 nitrogen and oxygen atoms in total. The molecule has 1 aromatic carbocycles. The summed E-state index contributed by atoms with van der Waals surface area (Å²) in [6.45, 7) is 3.94. The van der Waals surface area contributed by atoms with Gasteiger partial charge in [0.25, 0.3) is 0 Å². The number of nitrogens with zero attached hydrogens (tertiary/aromatic N) is 3. The topological polar surface area (TPSA) is 67.3 Å². The van der Waals surface area contributed by atoms with E-state index in [1.807, 2.05) is 31.2 Å². The fourth-order valence-corrected chi connectivity index (χ4v) is 3.65. The van der Waals surface area contributed by atoms with Crippen molar-refractivity contribution in [2.24, 2.45) is 5.92 Å². The summed E-state index contributed by atoms with van der Waals surface area (Å²) in [6.07, 6.45) is 2.29. The molecule has 1 aliphatic rings. The molecular weight excluding hydrogens is 360 g/mol. The van der Waals surface area contributed by atoms with Crippen molar-refractivity contribution in [2.45, 2.75) is 26.2 Å². The quantitative estimate of drug-likeness (QED) is 0.780. The average molecular weight is 381 g/mol. The molecule has 0 unspecified atom stereocenters. The van der Waals surface area contributed by atoms with Crippen LogP contribution in [0.1, 0.15) is 31.2 Å². The van der Waals surface area contributed by atoms with E-state index < -0.39 is 0 Å². The lowest BCUT2D eigenvalue weighted by Crippen LogP contribution is -2.40. The lowest BCUT2D eigenvalue weighted by atomic mass is 9.96. The largest absolute Gasteiger partial charge is 0.347 e. The number of halogens is 1. The first-order valence-corrected chi connectivity index (χ1v) is 9.54. The molecule has 0 aliphatic carbocycles. The Morgan fingerprint density at radius 3 is 2.76 bits per heavy atom. The number of hydroxylamine groups is 1. The standard InChI is InChI=1S/C17H21ClN4O2S/c1-2-24-20-16(23)13-7-9-22(10-8-13)17-19-15(21-25-17)11-12-3-5-14(18)6-4-12/h3-6,13H,2,7-11H2,1H3,(H,20,23). The zero-order chi connectivity index (χ0) is 17.6. The highest BCUT2D eigenvalue weighted by Gasteiger charge is 2.26. The van der Waals surface area contributed by atoms with Gasteiger partial charge >= 0.3 is 0 Å². The van der Waals surface area contributed by atoms with Gasteiger partial charge in [-0.2, -0.15) is 4.37 Å². The Hall–Kier alpha value is -1.70. The number of amides is 1. The Morgan fingerprint density at radius 1 is 1.36 bits per heavy atom. The Bertz CT molecular complexity index is 699. The number of hydrogen-bond donors (Lipinski definition) is 1. The van der Waals surface area contributed by atoms with E-state index in [0.717, 1.165) is 47.5 Å². The van der Waals surface area contributed by atoms with Crippen molar-refractivity contribution in [3.8, 4) is 0 Å². The molecule has 0 saturated carbocycles. The molecule has 0 radical (unpaired) electrons. The first-order valence-electron chi connectivity index (χ1n) is 8.39. The monoisotopic (exact) mass is 380 g/mol. The second-order valence-corrected chi connectivity index (χ2v) is 7.12. The number of benzene rings is 1. The molecule has 8 heteroatoms. The van der Waals surface area contributed by atoms with Gasteiger partial charge in [-0.15, -0.1) is 0 Å². The van der Waals surface area contributed by atoms with E-state index in [-0.39, 0.29) is 11.8 Å². The predicted molar refractivity (Wildman–Crippen MR) is 98.9 cm³/mol. The maximum Gasteiger partial charge on any atom is 0.246 e. The van der Waals surface area contributed by atoms with E-state index in [1.54, 1.807) is 0 Å². The SMILES string of the molecule is CCONC(=O)C1CCN(c2nc(Cc3ccc(Cl)cc3)ns2)CC1. The van der Waals surface area contributed by atoms with Gasteiger partial charge in [0, 0.05) is 42.0 Å². The third kappa shape index (κ3) is 4.90.